The molecule has 1 aromatic carbocycles. The Kier molecular flexibility index (Phi) is 4.45. The number of ether oxygens (including phenoxy) is 1. The van der Waals surface area contributed by atoms with Crippen molar-refractivity contribution in [1.29, 1.82) is 0 Å². The van der Waals surface area contributed by atoms with E-state index in [2.05, 4.69) is 9.97 Å². The Morgan fingerprint density at radius 3 is 2.79 bits per heavy atom. The molecule has 4 nitrogen and oxygen atoms in total. The van der Waals surface area contributed by atoms with Crippen LogP contribution < -0.4 is 4.74 Å². The van der Waals surface area contributed by atoms with Crippen LogP contribution in [0.25, 0.3) is 0 Å². The molecule has 128 valence electrons. The molecule has 0 fully saturated rings. The summed E-state index contributed by atoms with van der Waals surface area (Å²) in [4.78, 5) is 9.13. The van der Waals surface area contributed by atoms with Crippen molar-refractivity contribution in [2.45, 2.75) is 33.0 Å². The summed E-state index contributed by atoms with van der Waals surface area (Å²) in [5, 5.41) is 0. The van der Waals surface area contributed by atoms with E-state index in [0.717, 1.165) is 22.4 Å². The lowest BCUT2D eigenvalue weighted by atomic mass is 10.1. The normalized spacial score (nSPS) is 15.2. The molecule has 0 radical (unpaired) electrons. The van der Waals surface area contributed by atoms with Crippen LogP contribution in [0.15, 0.2) is 24.4 Å². The van der Waals surface area contributed by atoms with E-state index >= 15 is 0 Å². The summed E-state index contributed by atoms with van der Waals surface area (Å²) in [7, 11) is 0. The first kappa shape index (κ1) is 16.7. The summed E-state index contributed by atoms with van der Waals surface area (Å²) in [5.41, 5.74) is 3.44. The van der Waals surface area contributed by atoms with E-state index in [4.69, 9.17) is 4.74 Å². The smallest absolute Gasteiger partial charge is 0.451 e. The number of hydrogen-bond acceptors (Lipinski definition) is 4. The fourth-order valence-electron chi connectivity index (χ4n) is 2.66. The maximum atomic E-state index is 12.7. The van der Waals surface area contributed by atoms with Crippen LogP contribution in [-0.4, -0.2) is 28.1 Å². The number of fused-ring (bicyclic) bond motifs is 1. The molecule has 2 aromatic rings. The van der Waals surface area contributed by atoms with Gasteiger partial charge in [-0.25, -0.2) is 9.97 Å². The van der Waals surface area contributed by atoms with Crippen molar-refractivity contribution in [3.05, 3.63) is 52.6 Å². The number of benzene rings is 1. The summed E-state index contributed by atoms with van der Waals surface area (Å²) in [6, 6.07) is 5.88. The first-order valence-corrected chi connectivity index (χ1v) is 7.68. The van der Waals surface area contributed by atoms with Crippen molar-refractivity contribution < 1.29 is 17.9 Å². The average molecular weight is 337 g/mol. The van der Waals surface area contributed by atoms with Gasteiger partial charge >= 0.3 is 6.18 Å². The number of alkyl halides is 3. The van der Waals surface area contributed by atoms with Gasteiger partial charge in [0.1, 0.15) is 12.5 Å². The minimum atomic E-state index is -4.50. The van der Waals surface area contributed by atoms with E-state index in [1.165, 1.54) is 6.20 Å². The number of rotatable bonds is 3. The highest BCUT2D eigenvalue weighted by atomic mass is 19.4. The van der Waals surface area contributed by atoms with E-state index in [-0.39, 0.29) is 0 Å². The lowest BCUT2D eigenvalue weighted by molar-refractivity contribution is -0.145. The van der Waals surface area contributed by atoms with Crippen LogP contribution in [0.5, 0.6) is 5.75 Å². The predicted octanol–water partition coefficient (Wildman–Crippen LogP) is 3.51. The van der Waals surface area contributed by atoms with E-state index in [9.17, 15) is 13.2 Å². The average Bonchev–Trinajstić information content (AvgIpc) is 2.54. The summed E-state index contributed by atoms with van der Waals surface area (Å²) in [6.45, 7) is 5.49. The molecule has 3 rings (SSSR count). The SMILES string of the molecule is Cc1cccc(OCN2CCc3nc(C(F)(F)F)ncc3C2)c1C. The molecule has 0 bridgehead atoms. The molecule has 24 heavy (non-hydrogen) atoms. The minimum Gasteiger partial charge on any atom is -0.478 e. The Balaban J connectivity index is 1.66. The molecule has 7 heteroatoms. The maximum Gasteiger partial charge on any atom is 0.451 e. The van der Waals surface area contributed by atoms with Gasteiger partial charge in [-0.1, -0.05) is 12.1 Å². The van der Waals surface area contributed by atoms with Crippen molar-refractivity contribution in [2.75, 3.05) is 13.3 Å². The highest BCUT2D eigenvalue weighted by Gasteiger charge is 2.35. The van der Waals surface area contributed by atoms with Crippen molar-refractivity contribution >= 4 is 0 Å². The van der Waals surface area contributed by atoms with E-state index in [0.29, 0.717) is 31.9 Å². The topological polar surface area (TPSA) is 38.2 Å². The number of halogens is 3. The molecule has 0 N–H and O–H groups in total. The maximum absolute atomic E-state index is 12.7. The third-order valence-electron chi connectivity index (χ3n) is 4.22. The summed E-state index contributed by atoms with van der Waals surface area (Å²) in [6.07, 6.45) is -2.77. The molecule has 0 saturated heterocycles. The minimum absolute atomic E-state index is 0.380. The van der Waals surface area contributed by atoms with Gasteiger partial charge < -0.3 is 4.74 Å². The number of nitrogens with zero attached hydrogens (tertiary/aromatic N) is 3. The zero-order valence-electron chi connectivity index (χ0n) is 13.5. The second-order valence-corrected chi connectivity index (χ2v) is 5.94. The van der Waals surface area contributed by atoms with Gasteiger partial charge in [-0.05, 0) is 31.0 Å². The molecular formula is C17H18F3N3O. The monoisotopic (exact) mass is 337 g/mol. The number of hydrogen-bond donors (Lipinski definition) is 0. The van der Waals surface area contributed by atoms with Gasteiger partial charge in [0.15, 0.2) is 0 Å². The third-order valence-corrected chi connectivity index (χ3v) is 4.22. The molecule has 1 aliphatic rings. The fourth-order valence-corrected chi connectivity index (χ4v) is 2.66. The Morgan fingerprint density at radius 1 is 1.25 bits per heavy atom. The highest BCUT2D eigenvalue weighted by molar-refractivity contribution is 5.38. The Bertz CT molecular complexity index is 746. The quantitative estimate of drug-likeness (QED) is 0.859. The first-order chi connectivity index (χ1) is 11.3. The molecule has 2 heterocycles. The number of aromatic nitrogens is 2. The Labute approximate surface area is 138 Å². The van der Waals surface area contributed by atoms with Crippen LogP contribution in [0.4, 0.5) is 13.2 Å². The molecule has 0 saturated carbocycles. The molecule has 1 aromatic heterocycles. The highest BCUT2D eigenvalue weighted by Crippen LogP contribution is 2.28. The van der Waals surface area contributed by atoms with Gasteiger partial charge in [0.2, 0.25) is 5.82 Å². The van der Waals surface area contributed by atoms with Gasteiger partial charge in [-0.15, -0.1) is 0 Å². The van der Waals surface area contributed by atoms with Crippen molar-refractivity contribution in [1.82, 2.24) is 14.9 Å². The van der Waals surface area contributed by atoms with E-state index in [1.54, 1.807) is 0 Å². The van der Waals surface area contributed by atoms with Crippen molar-refractivity contribution in [2.24, 2.45) is 0 Å². The summed E-state index contributed by atoms with van der Waals surface area (Å²) in [5.74, 6) is -0.245. The summed E-state index contributed by atoms with van der Waals surface area (Å²) >= 11 is 0. The van der Waals surface area contributed by atoms with Crippen LogP contribution in [0.3, 0.4) is 0 Å². The lowest BCUT2D eigenvalue weighted by Crippen LogP contribution is -2.35. The molecular weight excluding hydrogens is 319 g/mol. The Morgan fingerprint density at radius 2 is 2.04 bits per heavy atom. The van der Waals surface area contributed by atoms with Crippen LogP contribution in [0.1, 0.15) is 28.2 Å². The van der Waals surface area contributed by atoms with Crippen LogP contribution >= 0.6 is 0 Å². The zero-order chi connectivity index (χ0) is 17.3. The fraction of sp³-hybridized carbons (Fsp3) is 0.412. The molecule has 0 atom stereocenters. The van der Waals surface area contributed by atoms with Gasteiger partial charge in [0.25, 0.3) is 0 Å². The standard InChI is InChI=1S/C17H18F3N3O/c1-11-4-3-5-15(12(11)2)24-10-23-7-6-14-13(9-23)8-21-16(22-14)17(18,19)20/h3-5,8H,6-7,9-10H2,1-2H3. The molecule has 0 spiro atoms. The molecule has 0 unspecified atom stereocenters. The largest absolute Gasteiger partial charge is 0.478 e. The molecule has 0 aliphatic carbocycles. The Hall–Kier alpha value is -2.15. The summed E-state index contributed by atoms with van der Waals surface area (Å²) < 4.78 is 43.8. The van der Waals surface area contributed by atoms with Crippen LogP contribution in [0, 0.1) is 13.8 Å². The second-order valence-electron chi connectivity index (χ2n) is 5.94. The first-order valence-electron chi connectivity index (χ1n) is 7.68. The van der Waals surface area contributed by atoms with Crippen molar-refractivity contribution in [3.8, 4) is 5.75 Å². The van der Waals surface area contributed by atoms with E-state index < -0.39 is 12.0 Å². The van der Waals surface area contributed by atoms with Crippen molar-refractivity contribution in [3.63, 3.8) is 0 Å². The predicted molar refractivity (Wildman–Crippen MR) is 82.6 cm³/mol. The lowest BCUT2D eigenvalue weighted by Gasteiger charge is -2.28. The van der Waals surface area contributed by atoms with Gasteiger partial charge in [0.05, 0.1) is 5.69 Å². The third kappa shape index (κ3) is 3.51. The van der Waals surface area contributed by atoms with E-state index in [1.807, 2.05) is 36.9 Å². The zero-order valence-corrected chi connectivity index (χ0v) is 13.5. The molecule has 1 aliphatic heterocycles. The van der Waals surface area contributed by atoms with Crippen LogP contribution in [-0.2, 0) is 19.1 Å². The molecule has 0 amide bonds. The van der Waals surface area contributed by atoms with Gasteiger partial charge in [-0.3, -0.25) is 4.90 Å². The van der Waals surface area contributed by atoms with Crippen LogP contribution in [0.2, 0.25) is 0 Å². The van der Waals surface area contributed by atoms with Gasteiger partial charge in [-0.2, -0.15) is 13.2 Å². The van der Waals surface area contributed by atoms with Gasteiger partial charge in [0, 0.05) is 31.3 Å². The second kappa shape index (κ2) is 6.39. The number of aryl methyl sites for hydroxylation is 1.